The van der Waals surface area contributed by atoms with Gasteiger partial charge in [-0.3, -0.25) is 0 Å². The standard InChI is InChI=1S/C13H19ClN2O/c1-15-13-6-5-11(14)12(16-13)9-17-8-7-10-3-2-4-10/h5-6,10H,2-4,7-9H2,1H3,(H,15,16). The maximum absolute atomic E-state index is 6.06. The van der Waals surface area contributed by atoms with Crippen LogP contribution in [0.1, 0.15) is 31.4 Å². The molecule has 0 spiro atoms. The van der Waals surface area contributed by atoms with Crippen molar-refractivity contribution in [1.29, 1.82) is 0 Å². The van der Waals surface area contributed by atoms with Crippen molar-refractivity contribution in [1.82, 2.24) is 4.98 Å². The van der Waals surface area contributed by atoms with Crippen LogP contribution in [-0.2, 0) is 11.3 Å². The second-order valence-corrected chi connectivity index (χ2v) is 4.92. The summed E-state index contributed by atoms with van der Waals surface area (Å²) in [6.07, 6.45) is 5.31. The molecule has 17 heavy (non-hydrogen) atoms. The number of anilines is 1. The molecular weight excluding hydrogens is 236 g/mol. The Bertz CT molecular complexity index is 366. The van der Waals surface area contributed by atoms with Gasteiger partial charge in [-0.15, -0.1) is 0 Å². The maximum atomic E-state index is 6.06. The van der Waals surface area contributed by atoms with E-state index in [2.05, 4.69) is 10.3 Å². The fraction of sp³-hybridized carbons (Fsp3) is 0.615. The third-order valence-electron chi connectivity index (χ3n) is 3.31. The first-order valence-corrected chi connectivity index (χ1v) is 6.58. The van der Waals surface area contributed by atoms with Crippen LogP contribution in [0.4, 0.5) is 5.82 Å². The van der Waals surface area contributed by atoms with Crippen LogP contribution in [0.15, 0.2) is 12.1 Å². The molecule has 1 aliphatic rings. The van der Waals surface area contributed by atoms with Crippen LogP contribution in [0.25, 0.3) is 0 Å². The summed E-state index contributed by atoms with van der Waals surface area (Å²) in [5.41, 5.74) is 0.812. The molecule has 3 nitrogen and oxygen atoms in total. The van der Waals surface area contributed by atoms with Crippen molar-refractivity contribution in [2.24, 2.45) is 5.92 Å². The number of aromatic nitrogens is 1. The van der Waals surface area contributed by atoms with Crippen LogP contribution in [0.2, 0.25) is 5.02 Å². The predicted octanol–water partition coefficient (Wildman–Crippen LogP) is 3.48. The lowest BCUT2D eigenvalue weighted by molar-refractivity contribution is 0.0930. The average molecular weight is 255 g/mol. The first-order valence-electron chi connectivity index (χ1n) is 6.20. The second kappa shape index (κ2) is 6.22. The molecule has 2 rings (SSSR count). The molecule has 1 aliphatic carbocycles. The van der Waals surface area contributed by atoms with Crippen LogP contribution >= 0.6 is 11.6 Å². The highest BCUT2D eigenvalue weighted by atomic mass is 35.5. The third-order valence-corrected chi connectivity index (χ3v) is 3.65. The minimum Gasteiger partial charge on any atom is -0.375 e. The highest BCUT2D eigenvalue weighted by Gasteiger charge is 2.16. The van der Waals surface area contributed by atoms with Gasteiger partial charge in [0.05, 0.1) is 17.3 Å². The van der Waals surface area contributed by atoms with Crippen LogP contribution in [0, 0.1) is 5.92 Å². The van der Waals surface area contributed by atoms with E-state index in [1.54, 1.807) is 0 Å². The Kier molecular flexibility index (Phi) is 4.63. The fourth-order valence-corrected chi connectivity index (χ4v) is 2.08. The third kappa shape index (κ3) is 3.58. The predicted molar refractivity (Wildman–Crippen MR) is 70.4 cm³/mol. The molecule has 1 heterocycles. The molecule has 0 atom stereocenters. The molecule has 0 aliphatic heterocycles. The van der Waals surface area contributed by atoms with E-state index >= 15 is 0 Å². The lowest BCUT2D eigenvalue weighted by Crippen LogP contribution is -2.13. The summed E-state index contributed by atoms with van der Waals surface area (Å²) in [5, 5.41) is 3.67. The Morgan fingerprint density at radius 2 is 2.29 bits per heavy atom. The first kappa shape index (κ1) is 12.7. The molecule has 94 valence electrons. The lowest BCUT2D eigenvalue weighted by Gasteiger charge is -2.24. The molecule has 0 amide bonds. The zero-order valence-corrected chi connectivity index (χ0v) is 11.0. The molecule has 0 saturated heterocycles. The molecule has 1 N–H and O–H groups in total. The topological polar surface area (TPSA) is 34.1 Å². The molecule has 0 radical (unpaired) electrons. The van der Waals surface area contributed by atoms with Crippen molar-refractivity contribution in [2.45, 2.75) is 32.3 Å². The van der Waals surface area contributed by atoms with E-state index < -0.39 is 0 Å². The molecule has 0 aromatic carbocycles. The van der Waals surface area contributed by atoms with Gasteiger partial charge in [0.25, 0.3) is 0 Å². The van der Waals surface area contributed by atoms with Crippen molar-refractivity contribution in [2.75, 3.05) is 19.0 Å². The Hall–Kier alpha value is -0.800. The smallest absolute Gasteiger partial charge is 0.126 e. The largest absolute Gasteiger partial charge is 0.375 e. The summed E-state index contributed by atoms with van der Waals surface area (Å²) in [4.78, 5) is 4.37. The van der Waals surface area contributed by atoms with Gasteiger partial charge in [-0.2, -0.15) is 0 Å². The van der Waals surface area contributed by atoms with Gasteiger partial charge in [0.2, 0.25) is 0 Å². The van der Waals surface area contributed by atoms with Gasteiger partial charge in [-0.25, -0.2) is 4.98 Å². The average Bonchev–Trinajstić information content (AvgIpc) is 2.28. The Balaban J connectivity index is 1.76. The van der Waals surface area contributed by atoms with Crippen LogP contribution < -0.4 is 5.32 Å². The van der Waals surface area contributed by atoms with E-state index in [0.717, 1.165) is 24.0 Å². The lowest BCUT2D eigenvalue weighted by atomic mass is 9.83. The molecule has 0 bridgehead atoms. The highest BCUT2D eigenvalue weighted by Crippen LogP contribution is 2.29. The maximum Gasteiger partial charge on any atom is 0.126 e. The fourth-order valence-electron chi connectivity index (χ4n) is 1.93. The van der Waals surface area contributed by atoms with Gasteiger partial charge in [0, 0.05) is 13.7 Å². The molecule has 4 heteroatoms. The molecular formula is C13H19ClN2O. The zero-order chi connectivity index (χ0) is 12.1. The number of pyridine rings is 1. The Morgan fingerprint density at radius 1 is 1.47 bits per heavy atom. The van der Waals surface area contributed by atoms with Crippen LogP contribution in [0.5, 0.6) is 0 Å². The van der Waals surface area contributed by atoms with Crippen molar-refractivity contribution < 1.29 is 4.74 Å². The number of halogens is 1. The van der Waals surface area contributed by atoms with Crippen molar-refractivity contribution in [3.05, 3.63) is 22.8 Å². The Morgan fingerprint density at radius 3 is 2.94 bits per heavy atom. The van der Waals surface area contributed by atoms with E-state index in [1.165, 1.54) is 25.7 Å². The van der Waals surface area contributed by atoms with E-state index in [4.69, 9.17) is 16.3 Å². The van der Waals surface area contributed by atoms with E-state index in [0.29, 0.717) is 11.6 Å². The van der Waals surface area contributed by atoms with E-state index in [1.807, 2.05) is 19.2 Å². The molecule has 0 unspecified atom stereocenters. The minimum atomic E-state index is 0.501. The number of hydrogen-bond acceptors (Lipinski definition) is 3. The second-order valence-electron chi connectivity index (χ2n) is 4.51. The Labute approximate surface area is 108 Å². The molecule has 1 fully saturated rings. The quantitative estimate of drug-likeness (QED) is 0.790. The SMILES string of the molecule is CNc1ccc(Cl)c(COCCC2CCC2)n1. The number of ether oxygens (including phenoxy) is 1. The normalized spacial score (nSPS) is 15.6. The summed E-state index contributed by atoms with van der Waals surface area (Å²) < 4.78 is 5.63. The van der Waals surface area contributed by atoms with Crippen molar-refractivity contribution >= 4 is 17.4 Å². The number of nitrogens with zero attached hydrogens (tertiary/aromatic N) is 1. The van der Waals surface area contributed by atoms with Crippen LogP contribution in [0.3, 0.4) is 0 Å². The van der Waals surface area contributed by atoms with Crippen molar-refractivity contribution in [3.8, 4) is 0 Å². The van der Waals surface area contributed by atoms with Crippen LogP contribution in [-0.4, -0.2) is 18.6 Å². The number of rotatable bonds is 6. The summed E-state index contributed by atoms with van der Waals surface area (Å²) in [6.45, 7) is 1.31. The zero-order valence-electron chi connectivity index (χ0n) is 10.2. The number of hydrogen-bond donors (Lipinski definition) is 1. The molecule has 1 aromatic heterocycles. The number of nitrogens with one attached hydrogen (secondary N) is 1. The van der Waals surface area contributed by atoms with E-state index in [-0.39, 0.29) is 0 Å². The van der Waals surface area contributed by atoms with Gasteiger partial charge in [-0.05, 0) is 24.5 Å². The summed E-state index contributed by atoms with van der Waals surface area (Å²) in [5.74, 6) is 1.72. The van der Waals surface area contributed by atoms with Gasteiger partial charge in [0.1, 0.15) is 5.82 Å². The minimum absolute atomic E-state index is 0.501. The van der Waals surface area contributed by atoms with Gasteiger partial charge in [0.15, 0.2) is 0 Å². The van der Waals surface area contributed by atoms with E-state index in [9.17, 15) is 0 Å². The van der Waals surface area contributed by atoms with Gasteiger partial charge in [-0.1, -0.05) is 30.9 Å². The molecule has 1 aromatic rings. The summed E-state index contributed by atoms with van der Waals surface area (Å²) in [6, 6.07) is 3.71. The highest BCUT2D eigenvalue weighted by molar-refractivity contribution is 6.31. The summed E-state index contributed by atoms with van der Waals surface area (Å²) >= 11 is 6.06. The van der Waals surface area contributed by atoms with Gasteiger partial charge >= 0.3 is 0 Å². The monoisotopic (exact) mass is 254 g/mol. The van der Waals surface area contributed by atoms with Crippen molar-refractivity contribution in [3.63, 3.8) is 0 Å². The summed E-state index contributed by atoms with van der Waals surface area (Å²) in [7, 11) is 1.84. The van der Waals surface area contributed by atoms with Gasteiger partial charge < -0.3 is 10.1 Å². The first-order chi connectivity index (χ1) is 8.29. The molecule has 1 saturated carbocycles.